The molecule has 2 aromatic rings. The van der Waals surface area contributed by atoms with Gasteiger partial charge in [-0.05, 0) is 44.5 Å². The van der Waals surface area contributed by atoms with Crippen LogP contribution in [0.4, 0.5) is 5.69 Å². The van der Waals surface area contributed by atoms with Gasteiger partial charge in [0.1, 0.15) is 23.7 Å². The number of nitrogens with zero attached hydrogens (tertiary/aromatic N) is 2. The molecule has 0 amide bonds. The molecule has 0 aliphatic carbocycles. The second kappa shape index (κ2) is 9.82. The number of aryl methyl sites for hydroxylation is 1. The third-order valence-electron chi connectivity index (χ3n) is 7.14. The number of hydrogen-bond donors (Lipinski definition) is 1. The Balaban J connectivity index is 1.37. The molecule has 0 radical (unpaired) electrons. The van der Waals surface area contributed by atoms with Gasteiger partial charge in [-0.25, -0.2) is 0 Å². The van der Waals surface area contributed by atoms with E-state index in [1.807, 2.05) is 32.0 Å². The maximum absolute atomic E-state index is 11.5. The third kappa shape index (κ3) is 5.05. The molecule has 7 nitrogen and oxygen atoms in total. The topological polar surface area (TPSA) is 63.6 Å². The molecule has 5 rings (SSSR count). The highest BCUT2D eigenvalue weighted by atomic mass is 16.8. The summed E-state index contributed by atoms with van der Waals surface area (Å²) in [7, 11) is 1.71. The van der Waals surface area contributed by atoms with Gasteiger partial charge < -0.3 is 29.0 Å². The highest BCUT2D eigenvalue weighted by Gasteiger charge is 2.51. The lowest BCUT2D eigenvalue weighted by Gasteiger charge is -2.40. The average molecular weight is 481 g/mol. The van der Waals surface area contributed by atoms with Gasteiger partial charge in [-0.1, -0.05) is 42.0 Å². The van der Waals surface area contributed by atoms with Crippen LogP contribution in [-0.2, 0) is 14.2 Å². The van der Waals surface area contributed by atoms with Crippen LogP contribution in [0.15, 0.2) is 54.3 Å². The lowest BCUT2D eigenvalue weighted by Crippen LogP contribution is -2.54. The lowest BCUT2D eigenvalue weighted by atomic mass is 10.00. The molecule has 7 heteroatoms. The number of hydrogen-bond acceptors (Lipinski definition) is 7. The zero-order valence-electron chi connectivity index (χ0n) is 21.0. The normalized spacial score (nSPS) is 30.0. The molecule has 0 unspecified atom stereocenters. The number of aliphatic hydroxyl groups excluding tert-OH is 1. The van der Waals surface area contributed by atoms with Crippen LogP contribution in [0.1, 0.15) is 25.0 Å². The van der Waals surface area contributed by atoms with Crippen molar-refractivity contribution in [1.29, 1.82) is 0 Å². The number of benzene rings is 2. The highest BCUT2D eigenvalue weighted by molar-refractivity contribution is 5.59. The van der Waals surface area contributed by atoms with E-state index in [1.54, 1.807) is 7.11 Å². The summed E-state index contributed by atoms with van der Waals surface area (Å²) in [5.74, 6) is 0.990. The van der Waals surface area contributed by atoms with Crippen LogP contribution in [0, 0.1) is 6.92 Å². The fourth-order valence-electron chi connectivity index (χ4n) is 5.29. The first-order valence-electron chi connectivity index (χ1n) is 12.4. The third-order valence-corrected chi connectivity index (χ3v) is 7.14. The summed E-state index contributed by atoms with van der Waals surface area (Å²) in [4.78, 5) is 4.67. The van der Waals surface area contributed by atoms with E-state index in [2.05, 4.69) is 53.1 Å². The molecule has 0 saturated carbocycles. The minimum absolute atomic E-state index is 0.242. The van der Waals surface area contributed by atoms with Gasteiger partial charge in [0.05, 0.1) is 25.4 Å². The fourth-order valence-corrected chi connectivity index (χ4v) is 5.29. The number of para-hydroxylation sites is 2. The minimum Gasteiger partial charge on any atom is -0.495 e. The Morgan fingerprint density at radius 1 is 1.03 bits per heavy atom. The van der Waals surface area contributed by atoms with Crippen molar-refractivity contribution in [1.82, 2.24) is 4.90 Å². The van der Waals surface area contributed by atoms with Gasteiger partial charge in [-0.2, -0.15) is 0 Å². The molecule has 2 aromatic carbocycles. The maximum atomic E-state index is 11.5. The van der Waals surface area contributed by atoms with Gasteiger partial charge in [0.25, 0.3) is 0 Å². The Morgan fingerprint density at radius 3 is 2.40 bits per heavy atom. The summed E-state index contributed by atoms with van der Waals surface area (Å²) in [6.45, 7) is 9.54. The molecule has 35 heavy (non-hydrogen) atoms. The minimum atomic E-state index is -0.716. The molecule has 0 bridgehead atoms. The number of aliphatic hydroxyl groups is 1. The van der Waals surface area contributed by atoms with Gasteiger partial charge in [0, 0.05) is 26.2 Å². The molecule has 4 atom stereocenters. The van der Waals surface area contributed by atoms with Gasteiger partial charge in [0.2, 0.25) is 0 Å². The van der Waals surface area contributed by atoms with Crippen LogP contribution in [0.3, 0.4) is 0 Å². The van der Waals surface area contributed by atoms with E-state index in [1.165, 1.54) is 5.56 Å². The van der Waals surface area contributed by atoms with Crippen LogP contribution in [0.25, 0.3) is 6.08 Å². The van der Waals surface area contributed by atoms with Crippen molar-refractivity contribution in [3.05, 3.63) is 65.4 Å². The Morgan fingerprint density at radius 2 is 1.74 bits per heavy atom. The molecule has 0 aromatic heterocycles. The van der Waals surface area contributed by atoms with Crippen LogP contribution in [0.2, 0.25) is 0 Å². The highest BCUT2D eigenvalue weighted by Crippen LogP contribution is 2.38. The van der Waals surface area contributed by atoms with Crippen LogP contribution in [-0.4, -0.2) is 80.0 Å². The second-order valence-electron chi connectivity index (χ2n) is 10.0. The smallest absolute Gasteiger partial charge is 0.163 e. The Hall–Kier alpha value is -2.58. The molecule has 188 valence electrons. The number of piperazine rings is 1. The predicted octanol–water partition coefficient (Wildman–Crippen LogP) is 3.45. The van der Waals surface area contributed by atoms with Crippen LogP contribution in [0.5, 0.6) is 5.75 Å². The second-order valence-corrected chi connectivity index (χ2v) is 10.0. The predicted molar refractivity (Wildman–Crippen MR) is 136 cm³/mol. The number of rotatable bonds is 5. The molecule has 3 aliphatic rings. The largest absolute Gasteiger partial charge is 0.495 e. The van der Waals surface area contributed by atoms with Gasteiger partial charge >= 0.3 is 0 Å². The number of methoxy groups -OCH3 is 1. The van der Waals surface area contributed by atoms with Crippen molar-refractivity contribution >= 4 is 11.8 Å². The summed E-state index contributed by atoms with van der Waals surface area (Å²) in [6.07, 6.45) is 0.542. The molecular formula is C28H36N2O5. The van der Waals surface area contributed by atoms with E-state index >= 15 is 0 Å². The van der Waals surface area contributed by atoms with Gasteiger partial charge in [-0.3, -0.25) is 4.90 Å². The lowest BCUT2D eigenvalue weighted by molar-refractivity contribution is -0.156. The molecule has 3 heterocycles. The molecule has 3 aliphatic heterocycles. The molecule has 1 N–H and O–H groups in total. The standard InChI is InChI=1S/C28H36N2O5/c1-19-9-11-20(12-10-19)17-23-25(26(31)27(34-23)24-18-33-28(2,3)35-24)30-15-13-29(14-16-30)21-7-5-6-8-22(21)32-4/h5-12,17,24-27,31H,13-16,18H2,1-4H3/b23-17-/t24-,25+,26-,27-/m1/s1. The number of anilines is 1. The van der Waals surface area contributed by atoms with Crippen LogP contribution >= 0.6 is 0 Å². The van der Waals surface area contributed by atoms with Crippen molar-refractivity contribution in [2.75, 3.05) is 44.8 Å². The van der Waals surface area contributed by atoms with E-state index in [9.17, 15) is 5.11 Å². The average Bonchev–Trinajstić information content (AvgIpc) is 3.38. The van der Waals surface area contributed by atoms with E-state index < -0.39 is 18.0 Å². The Labute approximate surface area is 207 Å². The number of ether oxygens (including phenoxy) is 4. The summed E-state index contributed by atoms with van der Waals surface area (Å²) in [5, 5.41) is 11.5. The molecule has 3 fully saturated rings. The van der Waals surface area contributed by atoms with Crippen molar-refractivity contribution < 1.29 is 24.1 Å². The van der Waals surface area contributed by atoms with E-state index in [-0.39, 0.29) is 12.1 Å². The van der Waals surface area contributed by atoms with Crippen molar-refractivity contribution in [3.8, 4) is 5.75 Å². The fraction of sp³-hybridized carbons (Fsp3) is 0.500. The molecule has 3 saturated heterocycles. The van der Waals surface area contributed by atoms with Crippen molar-refractivity contribution in [2.24, 2.45) is 0 Å². The Bertz CT molecular complexity index is 1050. The maximum Gasteiger partial charge on any atom is 0.163 e. The Kier molecular flexibility index (Phi) is 6.77. The first-order valence-corrected chi connectivity index (χ1v) is 12.4. The summed E-state index contributed by atoms with van der Waals surface area (Å²) >= 11 is 0. The van der Waals surface area contributed by atoms with Gasteiger partial charge in [0.15, 0.2) is 11.9 Å². The van der Waals surface area contributed by atoms with Crippen molar-refractivity contribution in [2.45, 2.75) is 50.9 Å². The SMILES string of the molecule is COc1ccccc1N1CCN([C@H]2/C(=C/c3ccc(C)cc3)O[C@H]([C@H]3COC(C)(C)O3)[C@@H]2O)CC1. The zero-order valence-corrected chi connectivity index (χ0v) is 21.0. The molecular weight excluding hydrogens is 444 g/mol. The van der Waals surface area contributed by atoms with E-state index in [4.69, 9.17) is 18.9 Å². The van der Waals surface area contributed by atoms with E-state index in [0.29, 0.717) is 6.61 Å². The zero-order chi connectivity index (χ0) is 24.6. The summed E-state index contributed by atoms with van der Waals surface area (Å²) in [6, 6.07) is 16.2. The monoisotopic (exact) mass is 480 g/mol. The van der Waals surface area contributed by atoms with Crippen LogP contribution < -0.4 is 9.64 Å². The van der Waals surface area contributed by atoms with Crippen molar-refractivity contribution in [3.63, 3.8) is 0 Å². The molecule has 0 spiro atoms. The first-order chi connectivity index (χ1) is 16.8. The van der Waals surface area contributed by atoms with Gasteiger partial charge in [-0.15, -0.1) is 0 Å². The quantitative estimate of drug-likeness (QED) is 0.703. The summed E-state index contributed by atoms with van der Waals surface area (Å²) in [5.41, 5.74) is 3.37. The first kappa shape index (κ1) is 24.1. The van der Waals surface area contributed by atoms with E-state index in [0.717, 1.165) is 48.9 Å². The summed E-state index contributed by atoms with van der Waals surface area (Å²) < 4.78 is 23.9.